The molecule has 0 saturated heterocycles. The minimum atomic E-state index is -0.537. The van der Waals surface area contributed by atoms with Crippen LogP contribution in [0.1, 0.15) is 0 Å². The van der Waals surface area contributed by atoms with Crippen LogP contribution in [0.5, 0.6) is 0 Å². The fraction of sp³-hybridized carbons (Fsp3) is 0.400. The van der Waals surface area contributed by atoms with Crippen LogP contribution in [0.15, 0.2) is 12.5 Å². The van der Waals surface area contributed by atoms with Gasteiger partial charge in [-0.05, 0) is 9.91 Å². The van der Waals surface area contributed by atoms with E-state index in [1.54, 1.807) is 4.57 Å². The highest BCUT2D eigenvalue weighted by atomic mass is 35.5. The lowest BCUT2D eigenvalue weighted by Gasteiger charge is -1.90. The van der Waals surface area contributed by atoms with Gasteiger partial charge in [-0.15, -0.1) is 11.6 Å². The van der Waals surface area contributed by atoms with Gasteiger partial charge < -0.3 is 14.7 Å². The molecule has 0 aliphatic carbocycles. The van der Waals surface area contributed by atoms with E-state index in [0.717, 1.165) is 0 Å². The maximum atomic E-state index is 10.1. The van der Waals surface area contributed by atoms with Gasteiger partial charge in [-0.2, -0.15) is 0 Å². The standard InChI is InChI=1S/C5H6ClN3O2/c6-1-2-8-3-5(7-4-8)9(10)11/h3-4H,1-2H2. The van der Waals surface area contributed by atoms with Crippen LogP contribution >= 0.6 is 11.6 Å². The number of nitro groups is 1. The zero-order valence-electron chi connectivity index (χ0n) is 5.61. The zero-order chi connectivity index (χ0) is 8.27. The molecule has 0 unspecified atom stereocenters. The Morgan fingerprint density at radius 1 is 1.82 bits per heavy atom. The molecule has 60 valence electrons. The molecule has 5 nitrogen and oxygen atoms in total. The summed E-state index contributed by atoms with van der Waals surface area (Å²) < 4.78 is 1.57. The Balaban J connectivity index is 2.73. The molecule has 0 bridgehead atoms. The molecule has 11 heavy (non-hydrogen) atoms. The molecular weight excluding hydrogens is 170 g/mol. The second kappa shape index (κ2) is 3.34. The van der Waals surface area contributed by atoms with E-state index < -0.39 is 4.92 Å². The Kier molecular flexibility index (Phi) is 2.43. The summed E-state index contributed by atoms with van der Waals surface area (Å²) in [6.07, 6.45) is 2.74. The Labute approximate surface area is 67.8 Å². The summed E-state index contributed by atoms with van der Waals surface area (Å²) in [4.78, 5) is 13.1. The predicted octanol–water partition coefficient (Wildman–Crippen LogP) is 1.03. The van der Waals surface area contributed by atoms with Gasteiger partial charge in [0.15, 0.2) is 0 Å². The third kappa shape index (κ3) is 1.91. The molecule has 0 amide bonds. The molecule has 1 aromatic heterocycles. The highest BCUT2D eigenvalue weighted by Crippen LogP contribution is 2.05. The molecule has 0 atom stereocenters. The quantitative estimate of drug-likeness (QED) is 0.392. The average Bonchev–Trinajstić information content (AvgIpc) is 2.37. The van der Waals surface area contributed by atoms with E-state index in [0.29, 0.717) is 12.4 Å². The van der Waals surface area contributed by atoms with Gasteiger partial charge in [-0.25, -0.2) is 0 Å². The van der Waals surface area contributed by atoms with Crippen LogP contribution in [0.25, 0.3) is 0 Å². The van der Waals surface area contributed by atoms with Crippen LogP contribution in [-0.2, 0) is 6.54 Å². The van der Waals surface area contributed by atoms with Crippen LogP contribution in [0, 0.1) is 10.1 Å². The van der Waals surface area contributed by atoms with Crippen LogP contribution < -0.4 is 0 Å². The van der Waals surface area contributed by atoms with E-state index in [1.165, 1.54) is 12.5 Å². The van der Waals surface area contributed by atoms with Gasteiger partial charge in [0.25, 0.3) is 0 Å². The second-order valence-corrected chi connectivity index (χ2v) is 2.29. The maximum absolute atomic E-state index is 10.1. The molecule has 1 rings (SSSR count). The van der Waals surface area contributed by atoms with Gasteiger partial charge in [-0.1, -0.05) is 0 Å². The van der Waals surface area contributed by atoms with Gasteiger partial charge in [0, 0.05) is 12.4 Å². The van der Waals surface area contributed by atoms with Gasteiger partial charge in [0.1, 0.15) is 6.20 Å². The average molecular weight is 176 g/mol. The first kappa shape index (κ1) is 8.00. The summed E-state index contributed by atoms with van der Waals surface area (Å²) in [5.41, 5.74) is 0. The molecule has 6 heteroatoms. The smallest absolute Gasteiger partial charge is 0.358 e. The largest absolute Gasteiger partial charge is 0.381 e. The number of halogens is 1. The molecular formula is C5H6ClN3O2. The summed E-state index contributed by atoms with van der Waals surface area (Å²) >= 11 is 5.41. The summed E-state index contributed by atoms with van der Waals surface area (Å²) in [6.45, 7) is 0.544. The van der Waals surface area contributed by atoms with Crippen LogP contribution in [0.2, 0.25) is 0 Å². The summed E-state index contributed by atoms with van der Waals surface area (Å²) in [5, 5.41) is 10.1. The minimum absolute atomic E-state index is 0.143. The summed E-state index contributed by atoms with van der Waals surface area (Å²) in [6, 6.07) is 0. The molecule has 0 aliphatic heterocycles. The van der Waals surface area contributed by atoms with Crippen molar-refractivity contribution in [3.63, 3.8) is 0 Å². The van der Waals surface area contributed by atoms with Crippen molar-refractivity contribution < 1.29 is 4.92 Å². The molecule has 0 aliphatic rings. The molecule has 1 heterocycles. The van der Waals surface area contributed by atoms with E-state index in [-0.39, 0.29) is 5.82 Å². The van der Waals surface area contributed by atoms with Gasteiger partial charge >= 0.3 is 5.82 Å². The molecule has 0 N–H and O–H groups in total. The number of rotatable bonds is 3. The summed E-state index contributed by atoms with van der Waals surface area (Å²) in [5.74, 6) is 0.281. The third-order valence-corrected chi connectivity index (χ3v) is 1.32. The third-order valence-electron chi connectivity index (χ3n) is 1.15. The molecule has 0 radical (unpaired) electrons. The minimum Gasteiger partial charge on any atom is -0.358 e. The van der Waals surface area contributed by atoms with Crippen molar-refractivity contribution in [3.05, 3.63) is 22.6 Å². The van der Waals surface area contributed by atoms with Crippen molar-refractivity contribution in [3.8, 4) is 0 Å². The zero-order valence-corrected chi connectivity index (χ0v) is 6.36. The van der Waals surface area contributed by atoms with Gasteiger partial charge in [-0.3, -0.25) is 0 Å². The number of hydrogen-bond donors (Lipinski definition) is 0. The van der Waals surface area contributed by atoms with E-state index in [2.05, 4.69) is 4.98 Å². The van der Waals surface area contributed by atoms with Crippen LogP contribution in [0.4, 0.5) is 5.82 Å². The SMILES string of the molecule is O=[N+]([O-])c1cn(CCCl)cn1. The molecule has 0 fully saturated rings. The first-order chi connectivity index (χ1) is 5.24. The van der Waals surface area contributed by atoms with Crippen molar-refractivity contribution in [2.45, 2.75) is 6.54 Å². The Bertz CT molecular complexity index is 260. The van der Waals surface area contributed by atoms with Crippen molar-refractivity contribution in [2.24, 2.45) is 0 Å². The van der Waals surface area contributed by atoms with Crippen molar-refractivity contribution in [2.75, 3.05) is 5.88 Å². The van der Waals surface area contributed by atoms with Crippen LogP contribution in [-0.4, -0.2) is 20.4 Å². The molecule has 0 spiro atoms. The first-order valence-electron chi connectivity index (χ1n) is 2.96. The maximum Gasteiger partial charge on any atom is 0.381 e. The van der Waals surface area contributed by atoms with E-state index >= 15 is 0 Å². The molecule has 0 saturated carbocycles. The number of imidazole rings is 1. The molecule has 0 aromatic carbocycles. The lowest BCUT2D eigenvalue weighted by atomic mass is 10.7. The van der Waals surface area contributed by atoms with Crippen molar-refractivity contribution >= 4 is 17.4 Å². The second-order valence-electron chi connectivity index (χ2n) is 1.92. The number of aryl methyl sites for hydroxylation is 1. The fourth-order valence-corrected chi connectivity index (χ4v) is 0.858. The Morgan fingerprint density at radius 2 is 2.55 bits per heavy atom. The summed E-state index contributed by atoms with van der Waals surface area (Å²) in [7, 11) is 0. The number of aromatic nitrogens is 2. The van der Waals surface area contributed by atoms with Gasteiger partial charge in [0.2, 0.25) is 6.33 Å². The topological polar surface area (TPSA) is 61.0 Å². The highest BCUT2D eigenvalue weighted by Gasteiger charge is 2.08. The van der Waals surface area contributed by atoms with E-state index in [1.807, 2.05) is 0 Å². The molecule has 1 aromatic rings. The van der Waals surface area contributed by atoms with Crippen molar-refractivity contribution in [1.82, 2.24) is 9.55 Å². The van der Waals surface area contributed by atoms with Crippen LogP contribution in [0.3, 0.4) is 0 Å². The monoisotopic (exact) mass is 175 g/mol. The number of alkyl halides is 1. The lowest BCUT2D eigenvalue weighted by Crippen LogP contribution is -1.94. The predicted molar refractivity (Wildman–Crippen MR) is 39.6 cm³/mol. The van der Waals surface area contributed by atoms with E-state index in [9.17, 15) is 10.1 Å². The highest BCUT2D eigenvalue weighted by molar-refractivity contribution is 6.17. The van der Waals surface area contributed by atoms with Crippen molar-refractivity contribution in [1.29, 1.82) is 0 Å². The fourth-order valence-electron chi connectivity index (χ4n) is 0.662. The van der Waals surface area contributed by atoms with E-state index in [4.69, 9.17) is 11.6 Å². The lowest BCUT2D eigenvalue weighted by molar-refractivity contribution is -0.389. The Morgan fingerprint density at radius 3 is 3.00 bits per heavy atom. The number of hydrogen-bond acceptors (Lipinski definition) is 3. The Hall–Kier alpha value is -1.10. The number of nitrogens with zero attached hydrogens (tertiary/aromatic N) is 3. The first-order valence-corrected chi connectivity index (χ1v) is 3.49. The normalized spacial score (nSPS) is 9.91. The van der Waals surface area contributed by atoms with Gasteiger partial charge in [0.05, 0.1) is 0 Å².